The van der Waals surface area contributed by atoms with E-state index in [1.807, 2.05) is 4.90 Å². The van der Waals surface area contributed by atoms with Crippen LogP contribution in [0, 0.1) is 11.8 Å². The number of carbonyl (C=O) groups is 2. The molecule has 2 fully saturated rings. The Kier molecular flexibility index (Phi) is 6.00. The lowest BCUT2D eigenvalue weighted by Gasteiger charge is -2.30. The van der Waals surface area contributed by atoms with Crippen molar-refractivity contribution in [2.24, 2.45) is 11.8 Å². The van der Waals surface area contributed by atoms with Crippen LogP contribution in [-0.2, 0) is 22.4 Å². The number of benzene rings is 1. The predicted molar refractivity (Wildman–Crippen MR) is 110 cm³/mol. The van der Waals surface area contributed by atoms with Gasteiger partial charge in [0.15, 0.2) is 0 Å². The number of fused-ring (bicyclic) bond motifs is 1. The van der Waals surface area contributed by atoms with E-state index in [1.165, 1.54) is 30.4 Å². The first-order valence-electron chi connectivity index (χ1n) is 11.0. The van der Waals surface area contributed by atoms with Crippen LogP contribution in [0.4, 0.5) is 5.69 Å². The maximum absolute atomic E-state index is 12.9. The van der Waals surface area contributed by atoms with Crippen LogP contribution in [-0.4, -0.2) is 48.1 Å². The highest BCUT2D eigenvalue weighted by Gasteiger charge is 2.31. The largest absolute Gasteiger partial charge is 0.481 e. The van der Waals surface area contributed by atoms with E-state index in [1.54, 1.807) is 0 Å². The SMILES string of the molecule is O=C(O)C1CCCN(CCc2ccc3c(c2)CCN3C(=O)C2CCCCC2)C1. The van der Waals surface area contributed by atoms with E-state index >= 15 is 0 Å². The van der Waals surface area contributed by atoms with Crippen molar-refractivity contribution in [3.05, 3.63) is 29.3 Å². The zero-order chi connectivity index (χ0) is 19.5. The van der Waals surface area contributed by atoms with Gasteiger partial charge in [-0.25, -0.2) is 0 Å². The van der Waals surface area contributed by atoms with Crippen LogP contribution < -0.4 is 4.90 Å². The number of hydrogen-bond donors (Lipinski definition) is 1. The van der Waals surface area contributed by atoms with Gasteiger partial charge in [0.1, 0.15) is 0 Å². The number of nitrogens with zero attached hydrogens (tertiary/aromatic N) is 2. The number of piperidine rings is 1. The van der Waals surface area contributed by atoms with Crippen molar-refractivity contribution in [3.63, 3.8) is 0 Å². The molecule has 0 aromatic heterocycles. The Hall–Kier alpha value is -1.88. The molecule has 0 spiro atoms. The predicted octanol–water partition coefficient (Wildman–Crippen LogP) is 3.50. The van der Waals surface area contributed by atoms with Gasteiger partial charge >= 0.3 is 5.97 Å². The Bertz CT molecular complexity index is 727. The summed E-state index contributed by atoms with van der Waals surface area (Å²) < 4.78 is 0. The van der Waals surface area contributed by atoms with Crippen LogP contribution in [0.5, 0.6) is 0 Å². The average Bonchev–Trinajstić information content (AvgIpc) is 3.16. The van der Waals surface area contributed by atoms with Gasteiger partial charge in [-0.1, -0.05) is 31.4 Å². The number of carbonyl (C=O) groups excluding carboxylic acids is 1. The second kappa shape index (κ2) is 8.64. The Balaban J connectivity index is 1.35. The van der Waals surface area contributed by atoms with Crippen molar-refractivity contribution in [3.8, 4) is 0 Å². The van der Waals surface area contributed by atoms with E-state index in [0.29, 0.717) is 12.5 Å². The molecule has 1 unspecified atom stereocenters. The highest BCUT2D eigenvalue weighted by Crippen LogP contribution is 2.33. The number of aliphatic carboxylic acids is 1. The van der Waals surface area contributed by atoms with Gasteiger partial charge in [0.05, 0.1) is 5.92 Å². The van der Waals surface area contributed by atoms with E-state index in [4.69, 9.17) is 0 Å². The number of carboxylic acids is 1. The summed E-state index contributed by atoms with van der Waals surface area (Å²) >= 11 is 0. The Morgan fingerprint density at radius 3 is 2.57 bits per heavy atom. The first kappa shape index (κ1) is 19.4. The third-order valence-corrected chi connectivity index (χ3v) is 6.83. The number of anilines is 1. The monoisotopic (exact) mass is 384 g/mol. The van der Waals surface area contributed by atoms with Crippen molar-refractivity contribution < 1.29 is 14.7 Å². The Labute approximate surface area is 167 Å². The maximum atomic E-state index is 12.9. The van der Waals surface area contributed by atoms with E-state index in [9.17, 15) is 14.7 Å². The van der Waals surface area contributed by atoms with Gasteiger partial charge in [-0.2, -0.15) is 0 Å². The summed E-state index contributed by atoms with van der Waals surface area (Å²) in [5, 5.41) is 9.25. The highest BCUT2D eigenvalue weighted by atomic mass is 16.4. The van der Waals surface area contributed by atoms with Crippen LogP contribution >= 0.6 is 0 Å². The summed E-state index contributed by atoms with van der Waals surface area (Å²) in [5.74, 6) is -0.321. The second-order valence-electron chi connectivity index (χ2n) is 8.77. The molecule has 0 radical (unpaired) electrons. The fraction of sp³-hybridized carbons (Fsp3) is 0.652. The van der Waals surface area contributed by atoms with Gasteiger partial charge in [0.2, 0.25) is 5.91 Å². The van der Waals surface area contributed by atoms with Crippen molar-refractivity contribution in [1.82, 2.24) is 4.90 Å². The van der Waals surface area contributed by atoms with Crippen LogP contribution in [0.3, 0.4) is 0 Å². The molecule has 3 aliphatic rings. The van der Waals surface area contributed by atoms with Crippen LogP contribution in [0.2, 0.25) is 0 Å². The lowest BCUT2D eigenvalue weighted by molar-refractivity contribution is -0.143. The zero-order valence-electron chi connectivity index (χ0n) is 16.7. The van der Waals surface area contributed by atoms with Crippen LogP contribution in [0.15, 0.2) is 18.2 Å². The third-order valence-electron chi connectivity index (χ3n) is 6.83. The summed E-state index contributed by atoms with van der Waals surface area (Å²) in [6.45, 7) is 3.40. The molecule has 1 atom stereocenters. The molecule has 4 rings (SSSR count). The molecule has 0 bridgehead atoms. The number of carboxylic acid groups (broad SMARTS) is 1. The van der Waals surface area contributed by atoms with E-state index < -0.39 is 5.97 Å². The zero-order valence-corrected chi connectivity index (χ0v) is 16.7. The molecule has 1 N–H and O–H groups in total. The third kappa shape index (κ3) is 4.24. The topological polar surface area (TPSA) is 60.9 Å². The highest BCUT2D eigenvalue weighted by molar-refractivity contribution is 5.97. The molecule has 1 aromatic rings. The van der Waals surface area contributed by atoms with Gasteiger partial charge in [-0.15, -0.1) is 0 Å². The minimum Gasteiger partial charge on any atom is -0.481 e. The van der Waals surface area contributed by atoms with Crippen molar-refractivity contribution in [1.29, 1.82) is 0 Å². The molecule has 28 heavy (non-hydrogen) atoms. The van der Waals surface area contributed by atoms with E-state index in [2.05, 4.69) is 23.1 Å². The van der Waals surface area contributed by atoms with Gasteiger partial charge in [0, 0.05) is 31.2 Å². The minimum atomic E-state index is -0.662. The standard InChI is InChI=1S/C23H32N2O3/c26-22(18-5-2-1-3-6-18)25-14-11-19-15-17(8-9-21(19)25)10-13-24-12-4-7-20(16-24)23(27)28/h8-9,15,18,20H,1-7,10-14,16H2,(H,27,28). The summed E-state index contributed by atoms with van der Waals surface area (Å²) in [6.07, 6.45) is 9.42. The molecular weight excluding hydrogens is 352 g/mol. The smallest absolute Gasteiger partial charge is 0.307 e. The summed E-state index contributed by atoms with van der Waals surface area (Å²) in [5.41, 5.74) is 3.70. The number of rotatable bonds is 5. The lowest BCUT2D eigenvalue weighted by atomic mass is 9.88. The first-order valence-corrected chi connectivity index (χ1v) is 11.0. The van der Waals surface area contributed by atoms with Crippen molar-refractivity contribution >= 4 is 17.6 Å². The number of amides is 1. The molecule has 1 saturated carbocycles. The number of likely N-dealkylation sites (tertiary alicyclic amines) is 1. The average molecular weight is 385 g/mol. The van der Waals surface area contributed by atoms with E-state index in [-0.39, 0.29) is 11.8 Å². The van der Waals surface area contributed by atoms with Gasteiger partial charge < -0.3 is 14.9 Å². The molecule has 2 heterocycles. The second-order valence-corrected chi connectivity index (χ2v) is 8.77. The molecule has 1 aromatic carbocycles. The van der Waals surface area contributed by atoms with Crippen LogP contribution in [0.25, 0.3) is 0 Å². The fourth-order valence-corrected chi connectivity index (χ4v) is 5.16. The summed E-state index contributed by atoms with van der Waals surface area (Å²) in [7, 11) is 0. The normalized spacial score (nSPS) is 23.6. The Morgan fingerprint density at radius 2 is 1.79 bits per heavy atom. The van der Waals surface area contributed by atoms with Gasteiger partial charge in [-0.3, -0.25) is 9.59 Å². The summed E-state index contributed by atoms with van der Waals surface area (Å²) in [6, 6.07) is 6.56. The fourth-order valence-electron chi connectivity index (χ4n) is 5.16. The molecule has 5 heteroatoms. The van der Waals surface area contributed by atoms with Gasteiger partial charge in [0.25, 0.3) is 0 Å². The summed E-state index contributed by atoms with van der Waals surface area (Å²) in [4.78, 5) is 28.5. The number of hydrogen-bond acceptors (Lipinski definition) is 3. The lowest BCUT2D eigenvalue weighted by Crippen LogP contribution is -2.39. The Morgan fingerprint density at radius 1 is 1.00 bits per heavy atom. The molecule has 5 nitrogen and oxygen atoms in total. The van der Waals surface area contributed by atoms with Crippen LogP contribution in [0.1, 0.15) is 56.1 Å². The quantitative estimate of drug-likeness (QED) is 0.844. The van der Waals surface area contributed by atoms with Crippen molar-refractivity contribution in [2.45, 2.75) is 57.8 Å². The molecule has 2 aliphatic heterocycles. The van der Waals surface area contributed by atoms with Crippen molar-refractivity contribution in [2.75, 3.05) is 31.1 Å². The first-order chi connectivity index (χ1) is 13.6. The molecule has 152 valence electrons. The van der Waals surface area contributed by atoms with Gasteiger partial charge in [-0.05, 0) is 62.3 Å². The molecular formula is C23H32N2O3. The van der Waals surface area contributed by atoms with E-state index in [0.717, 1.165) is 63.8 Å². The minimum absolute atomic E-state index is 0.215. The molecule has 1 aliphatic carbocycles. The maximum Gasteiger partial charge on any atom is 0.307 e. The molecule has 1 amide bonds. The molecule has 1 saturated heterocycles.